The summed E-state index contributed by atoms with van der Waals surface area (Å²) >= 11 is 0. The number of nitrogens with zero attached hydrogens (tertiary/aromatic N) is 1. The second-order valence-corrected chi connectivity index (χ2v) is 6.58. The molecule has 0 amide bonds. The van der Waals surface area contributed by atoms with E-state index in [4.69, 9.17) is 0 Å². The normalized spacial score (nSPS) is 25.1. The summed E-state index contributed by atoms with van der Waals surface area (Å²) in [6.07, 6.45) is 0.733. The Morgan fingerprint density at radius 1 is 1.20 bits per heavy atom. The van der Waals surface area contributed by atoms with E-state index in [1.54, 1.807) is 0 Å². The van der Waals surface area contributed by atoms with Gasteiger partial charge in [0.2, 0.25) is 0 Å². The van der Waals surface area contributed by atoms with Crippen LogP contribution in [0.2, 0.25) is 0 Å². The number of hydrogen-bond donors (Lipinski definition) is 1. The first-order valence-electron chi connectivity index (χ1n) is 7.41. The molecule has 3 nitrogen and oxygen atoms in total. The van der Waals surface area contributed by atoms with Crippen LogP contribution in [0.4, 0.5) is 0 Å². The first kappa shape index (κ1) is 15.0. The van der Waals surface area contributed by atoms with Crippen LogP contribution in [0.15, 0.2) is 24.3 Å². The van der Waals surface area contributed by atoms with E-state index in [0.29, 0.717) is 12.5 Å². The molecule has 0 radical (unpaired) electrons. The Kier molecular flexibility index (Phi) is 4.19. The first-order chi connectivity index (χ1) is 9.33. The molecule has 1 aromatic rings. The van der Waals surface area contributed by atoms with E-state index in [2.05, 4.69) is 49.9 Å². The summed E-state index contributed by atoms with van der Waals surface area (Å²) in [7, 11) is 0. The molecule has 1 aromatic carbocycles. The molecular weight excluding hydrogens is 250 g/mol. The Morgan fingerprint density at radius 2 is 1.75 bits per heavy atom. The molecule has 1 aliphatic rings. The third-order valence-corrected chi connectivity index (χ3v) is 4.65. The van der Waals surface area contributed by atoms with Crippen LogP contribution >= 0.6 is 0 Å². The van der Waals surface area contributed by atoms with E-state index >= 15 is 0 Å². The lowest BCUT2D eigenvalue weighted by atomic mass is 9.90. The molecule has 2 rings (SSSR count). The molecule has 3 heteroatoms. The van der Waals surface area contributed by atoms with Crippen LogP contribution in [-0.2, 0) is 4.79 Å². The van der Waals surface area contributed by atoms with E-state index in [9.17, 15) is 9.90 Å². The van der Waals surface area contributed by atoms with Gasteiger partial charge >= 0.3 is 5.97 Å². The van der Waals surface area contributed by atoms with Crippen molar-refractivity contribution in [2.45, 2.75) is 46.1 Å². The van der Waals surface area contributed by atoms with Crippen molar-refractivity contribution in [3.05, 3.63) is 35.4 Å². The fourth-order valence-corrected chi connectivity index (χ4v) is 2.87. The highest BCUT2D eigenvalue weighted by atomic mass is 16.4. The summed E-state index contributed by atoms with van der Waals surface area (Å²) in [6, 6.07) is 9.00. The zero-order chi connectivity index (χ0) is 14.9. The van der Waals surface area contributed by atoms with Gasteiger partial charge in [-0.05, 0) is 43.9 Å². The minimum absolute atomic E-state index is 0.275. The molecule has 1 aliphatic heterocycles. The number of rotatable bonds is 4. The lowest BCUT2D eigenvalue weighted by Gasteiger charge is -2.26. The number of hydrogen-bond acceptors (Lipinski definition) is 2. The van der Waals surface area contributed by atoms with Gasteiger partial charge in [-0.2, -0.15) is 0 Å². The van der Waals surface area contributed by atoms with E-state index in [1.165, 1.54) is 11.1 Å². The highest BCUT2D eigenvalue weighted by Gasteiger charge is 2.41. The van der Waals surface area contributed by atoms with Crippen molar-refractivity contribution >= 4 is 5.97 Å². The summed E-state index contributed by atoms with van der Waals surface area (Å²) in [6.45, 7) is 9.89. The van der Waals surface area contributed by atoms with Gasteiger partial charge in [-0.1, -0.05) is 38.1 Å². The van der Waals surface area contributed by atoms with Crippen LogP contribution in [-0.4, -0.2) is 29.1 Å². The maximum atomic E-state index is 11.3. The molecule has 2 unspecified atom stereocenters. The van der Waals surface area contributed by atoms with Crippen molar-refractivity contribution in [3.63, 3.8) is 0 Å². The summed E-state index contributed by atoms with van der Waals surface area (Å²) < 4.78 is 0. The lowest BCUT2D eigenvalue weighted by Crippen LogP contribution is -2.32. The molecule has 1 saturated heterocycles. The zero-order valence-electron chi connectivity index (χ0n) is 12.9. The fourth-order valence-electron chi connectivity index (χ4n) is 2.87. The van der Waals surface area contributed by atoms with Crippen molar-refractivity contribution in [3.8, 4) is 0 Å². The summed E-state index contributed by atoms with van der Waals surface area (Å²) in [5.74, 6) is -0.135. The predicted molar refractivity (Wildman–Crippen MR) is 80.9 cm³/mol. The summed E-state index contributed by atoms with van der Waals surface area (Å²) in [5.41, 5.74) is 2.02. The maximum absolute atomic E-state index is 11.3. The zero-order valence-corrected chi connectivity index (χ0v) is 12.9. The van der Waals surface area contributed by atoms with Crippen LogP contribution in [0, 0.1) is 5.41 Å². The van der Waals surface area contributed by atoms with Crippen LogP contribution in [0.5, 0.6) is 0 Å². The first-order valence-corrected chi connectivity index (χ1v) is 7.41. The number of carbonyl (C=O) groups is 1. The quantitative estimate of drug-likeness (QED) is 0.911. The molecule has 1 fully saturated rings. The Balaban J connectivity index is 2.09. The molecule has 0 bridgehead atoms. The van der Waals surface area contributed by atoms with Gasteiger partial charge in [0.15, 0.2) is 0 Å². The minimum atomic E-state index is -0.678. The molecule has 0 aromatic heterocycles. The van der Waals surface area contributed by atoms with E-state index in [-0.39, 0.29) is 6.04 Å². The molecular formula is C17H25NO2. The van der Waals surface area contributed by atoms with Gasteiger partial charge in [-0.25, -0.2) is 0 Å². The Morgan fingerprint density at radius 3 is 2.20 bits per heavy atom. The topological polar surface area (TPSA) is 40.5 Å². The number of benzene rings is 1. The molecule has 2 atom stereocenters. The third kappa shape index (κ3) is 2.88. The molecule has 0 spiro atoms. The summed E-state index contributed by atoms with van der Waals surface area (Å²) in [5, 5.41) is 9.31. The van der Waals surface area contributed by atoms with Crippen molar-refractivity contribution in [1.82, 2.24) is 4.90 Å². The van der Waals surface area contributed by atoms with Crippen molar-refractivity contribution in [2.75, 3.05) is 13.1 Å². The highest BCUT2D eigenvalue weighted by molar-refractivity contribution is 5.74. The Hall–Kier alpha value is -1.35. The smallest absolute Gasteiger partial charge is 0.310 e. The monoisotopic (exact) mass is 275 g/mol. The molecule has 20 heavy (non-hydrogen) atoms. The number of carboxylic acids is 1. The predicted octanol–water partition coefficient (Wildman–Crippen LogP) is 3.67. The highest BCUT2D eigenvalue weighted by Crippen LogP contribution is 2.35. The van der Waals surface area contributed by atoms with Gasteiger partial charge < -0.3 is 5.11 Å². The molecule has 0 aliphatic carbocycles. The number of carboxylic acid groups (broad SMARTS) is 1. The van der Waals surface area contributed by atoms with Gasteiger partial charge in [0.05, 0.1) is 5.41 Å². The number of likely N-dealkylation sites (tertiary alicyclic amines) is 1. The van der Waals surface area contributed by atoms with Crippen LogP contribution < -0.4 is 0 Å². The van der Waals surface area contributed by atoms with E-state index in [1.807, 2.05) is 6.92 Å². The second-order valence-electron chi connectivity index (χ2n) is 6.58. The Labute approximate surface area is 121 Å². The van der Waals surface area contributed by atoms with Gasteiger partial charge in [-0.3, -0.25) is 9.69 Å². The van der Waals surface area contributed by atoms with Gasteiger partial charge in [0.25, 0.3) is 0 Å². The Bertz CT molecular complexity index is 480. The average Bonchev–Trinajstić information content (AvgIpc) is 2.82. The van der Waals surface area contributed by atoms with Crippen molar-refractivity contribution < 1.29 is 9.90 Å². The van der Waals surface area contributed by atoms with Crippen molar-refractivity contribution in [2.24, 2.45) is 5.41 Å². The lowest BCUT2D eigenvalue weighted by molar-refractivity contribution is -0.147. The third-order valence-electron chi connectivity index (χ3n) is 4.65. The van der Waals surface area contributed by atoms with Crippen LogP contribution in [0.3, 0.4) is 0 Å². The molecule has 110 valence electrons. The van der Waals surface area contributed by atoms with E-state index in [0.717, 1.165) is 13.0 Å². The fraction of sp³-hybridized carbons (Fsp3) is 0.588. The standard InChI is InChI=1S/C17H25NO2/c1-12(2)14-5-7-15(8-6-14)13(3)18-10-9-17(4,11-18)16(19)20/h5-8,12-13H,9-11H2,1-4H3,(H,19,20). The summed E-state index contributed by atoms with van der Waals surface area (Å²) in [4.78, 5) is 13.6. The second kappa shape index (κ2) is 5.57. The SMILES string of the molecule is CC(C)c1ccc(C(C)N2CCC(C)(C(=O)O)C2)cc1. The largest absolute Gasteiger partial charge is 0.481 e. The van der Waals surface area contributed by atoms with Gasteiger partial charge in [-0.15, -0.1) is 0 Å². The van der Waals surface area contributed by atoms with Crippen LogP contribution in [0.1, 0.15) is 57.2 Å². The molecule has 1 heterocycles. The van der Waals surface area contributed by atoms with Gasteiger partial charge in [0.1, 0.15) is 0 Å². The van der Waals surface area contributed by atoms with Crippen molar-refractivity contribution in [1.29, 1.82) is 0 Å². The number of aliphatic carboxylic acids is 1. The minimum Gasteiger partial charge on any atom is -0.481 e. The van der Waals surface area contributed by atoms with E-state index < -0.39 is 11.4 Å². The molecule has 0 saturated carbocycles. The maximum Gasteiger partial charge on any atom is 0.310 e. The molecule has 1 N–H and O–H groups in total. The van der Waals surface area contributed by atoms with Gasteiger partial charge in [0, 0.05) is 12.6 Å². The average molecular weight is 275 g/mol. The van der Waals surface area contributed by atoms with Crippen LogP contribution in [0.25, 0.3) is 0 Å².